The predicted octanol–water partition coefficient (Wildman–Crippen LogP) is 16.6. The fraction of sp³-hybridized carbons (Fsp3) is 0.278. The zero-order valence-corrected chi connectivity index (χ0v) is 53.9. The van der Waals surface area contributed by atoms with Crippen LogP contribution in [0.25, 0.3) is 6.08 Å². The van der Waals surface area contributed by atoms with E-state index >= 15 is 0 Å². The number of rotatable bonds is 20. The maximum absolute atomic E-state index is 14.1. The number of halogens is 6. The van der Waals surface area contributed by atoms with Crippen molar-refractivity contribution >= 4 is 30.1 Å². The summed E-state index contributed by atoms with van der Waals surface area (Å²) in [6.45, 7) is 6.33. The first-order valence-corrected chi connectivity index (χ1v) is 33.5. The predicted molar refractivity (Wildman–Crippen MR) is 357 cm³/mol. The topological polar surface area (TPSA) is 156 Å². The van der Waals surface area contributed by atoms with Gasteiger partial charge in [0.1, 0.15) is 40.4 Å². The van der Waals surface area contributed by atoms with Crippen LogP contribution >= 0.6 is 0 Å². The normalized spacial score (nSPS) is 17.1. The van der Waals surface area contributed by atoms with Gasteiger partial charge in [0.2, 0.25) is 0 Å². The number of aldehydes is 1. The first-order chi connectivity index (χ1) is 48.1. The van der Waals surface area contributed by atoms with Gasteiger partial charge in [-0.05, 0) is 220 Å². The number of nitrogens with one attached hydrogen (secondary N) is 1. The monoisotopic (exact) mass is 1340 g/mol. The first-order valence-electron chi connectivity index (χ1n) is 33.5. The molecule has 0 unspecified atom stereocenters. The van der Waals surface area contributed by atoms with E-state index in [1.165, 1.54) is 31.0 Å². The Kier molecular flexibility index (Phi) is 19.0. The number of pyridine rings is 3. The molecule has 20 heteroatoms. The lowest BCUT2D eigenvalue weighted by atomic mass is 9.95. The molecule has 99 heavy (non-hydrogen) atoms. The summed E-state index contributed by atoms with van der Waals surface area (Å²) in [5.74, 6) is -2.92. The minimum absolute atomic E-state index is 0.0588. The van der Waals surface area contributed by atoms with E-state index in [2.05, 4.69) is 16.9 Å². The molecule has 6 heterocycles. The van der Waals surface area contributed by atoms with Crippen molar-refractivity contribution in [2.75, 3.05) is 19.6 Å². The van der Waals surface area contributed by atoms with E-state index < -0.39 is 34.9 Å². The summed E-state index contributed by atoms with van der Waals surface area (Å²) >= 11 is 0. The van der Waals surface area contributed by atoms with E-state index in [9.17, 15) is 45.5 Å². The first kappa shape index (κ1) is 65.8. The summed E-state index contributed by atoms with van der Waals surface area (Å²) in [6.07, 6.45) is 13.3. The Hall–Kier alpha value is -10.5. The lowest BCUT2D eigenvalue weighted by Gasteiger charge is -2.36. The van der Waals surface area contributed by atoms with Crippen molar-refractivity contribution < 1.29 is 59.7 Å². The van der Waals surface area contributed by atoms with Gasteiger partial charge < -0.3 is 34.2 Å². The number of benzene rings is 6. The number of ether oxygens (including phenoxy) is 3. The Labute approximate surface area is 568 Å². The van der Waals surface area contributed by atoms with Crippen molar-refractivity contribution in [2.24, 2.45) is 17.8 Å². The molecule has 6 aromatic carbocycles. The Morgan fingerprint density at radius 1 is 0.444 bits per heavy atom. The Morgan fingerprint density at radius 3 is 1.16 bits per heavy atom. The van der Waals surface area contributed by atoms with Gasteiger partial charge >= 0.3 is 0 Å². The fourth-order valence-corrected chi connectivity index (χ4v) is 13.4. The molecule has 4 fully saturated rings. The summed E-state index contributed by atoms with van der Waals surface area (Å²) in [5, 5.41) is 3.51. The lowest BCUT2D eigenvalue weighted by molar-refractivity contribution is 0.0620. The second-order valence-electron chi connectivity index (χ2n) is 26.1. The largest absolute Gasteiger partial charge is 0.454 e. The van der Waals surface area contributed by atoms with E-state index in [0.717, 1.165) is 139 Å². The smallest absolute Gasteiger partial charge is 0.254 e. The van der Waals surface area contributed by atoms with Gasteiger partial charge in [-0.3, -0.25) is 29.1 Å². The molecule has 3 amide bonds. The van der Waals surface area contributed by atoms with Crippen molar-refractivity contribution in [3.8, 4) is 34.5 Å². The number of fused-ring (bicyclic) bond motifs is 3. The summed E-state index contributed by atoms with van der Waals surface area (Å²) in [5.41, 5.74) is 9.04. The molecule has 0 radical (unpaired) electrons. The van der Waals surface area contributed by atoms with E-state index in [1.807, 2.05) is 69.3 Å². The number of carbonyl (C=O) groups excluding carboxylic acids is 4. The number of carbonyl (C=O) groups is 4. The summed E-state index contributed by atoms with van der Waals surface area (Å²) in [4.78, 5) is 71.7. The number of nitrogens with zero attached hydrogens (tertiary/aromatic N) is 6. The molecule has 3 atom stereocenters. The van der Waals surface area contributed by atoms with Crippen LogP contribution in [0.4, 0.5) is 26.3 Å². The Morgan fingerprint density at radius 2 is 0.808 bits per heavy atom. The molecule has 0 spiro atoms. The average molecular weight is 1340 g/mol. The van der Waals surface area contributed by atoms with Gasteiger partial charge in [0.15, 0.2) is 41.0 Å². The van der Waals surface area contributed by atoms with E-state index in [1.54, 1.807) is 60.7 Å². The van der Waals surface area contributed by atoms with E-state index in [4.69, 9.17) is 24.2 Å². The fourth-order valence-electron chi connectivity index (χ4n) is 13.4. The minimum atomic E-state index is -0.814. The summed E-state index contributed by atoms with van der Waals surface area (Å²) < 4.78 is 98.5. The molecule has 16 rings (SSSR count). The maximum atomic E-state index is 14.1. The maximum Gasteiger partial charge on any atom is 0.254 e. The standard InChI is InChI=1S/C28H27F2N3O2.C26H22F2N2O2.C25H20F2N2O3/c29-19-7-11-26(24(30)14-19)35-22-10-6-17-12-13-33(28(34)23(17)15-22)27(18-4-5-18)25-3-1-2-21(32-25)16-31-20-8-9-20;1-2-19-4-3-5-23(29-19)25(17-6-7-17)30-13-12-16-8-10-20(15-21(16)26(30)31)32-24-11-9-18(27)14-22(24)28;26-17-7-9-23(21(27)12-17)32-19-8-6-15-10-11-29(25(31)20(15)13-19)24(16-4-5-16)22-3-1-2-18(14-30)28-22/h1-3,6-7,10-11,14-15,18,20,27,31H,4-5,8-9,12-13,16H2;2-5,8-11,14-15,17,25H,1,6-7,12-13H2;1-3,6-9,12-14,16,24H,4-5,10-11H2/t27-;25-;24-/m111/s1. The molecule has 14 nitrogen and oxygen atoms in total. The molecule has 0 saturated heterocycles. The number of amides is 3. The second kappa shape index (κ2) is 28.5. The van der Waals surface area contributed by atoms with Gasteiger partial charge in [0, 0.05) is 67.1 Å². The van der Waals surface area contributed by atoms with Crippen molar-refractivity contribution in [3.05, 3.63) is 273 Å². The third-order valence-corrected chi connectivity index (χ3v) is 19.0. The van der Waals surface area contributed by atoms with Crippen LogP contribution in [-0.2, 0) is 25.8 Å². The Balaban J connectivity index is 0.000000127. The van der Waals surface area contributed by atoms with Crippen LogP contribution in [0.1, 0.15) is 156 Å². The molecular weight excluding hydrogens is 1270 g/mol. The average Bonchev–Trinajstić information content (AvgIpc) is 1.77. The zero-order valence-electron chi connectivity index (χ0n) is 53.9. The molecule has 504 valence electrons. The summed E-state index contributed by atoms with van der Waals surface area (Å²) in [6, 6.07) is 42.4. The van der Waals surface area contributed by atoms with Gasteiger partial charge in [-0.1, -0.05) is 43.0 Å². The highest BCUT2D eigenvalue weighted by molar-refractivity contribution is 5.99. The minimum Gasteiger partial charge on any atom is -0.454 e. The van der Waals surface area contributed by atoms with E-state index in [0.29, 0.717) is 95.8 Å². The van der Waals surface area contributed by atoms with Crippen molar-refractivity contribution in [1.82, 2.24) is 35.0 Å². The second-order valence-corrected chi connectivity index (χ2v) is 26.1. The van der Waals surface area contributed by atoms with Gasteiger partial charge in [0.25, 0.3) is 17.7 Å². The molecule has 0 bridgehead atoms. The number of hydrogen-bond donors (Lipinski definition) is 1. The van der Waals surface area contributed by atoms with Gasteiger partial charge in [0.05, 0.1) is 46.6 Å². The summed E-state index contributed by atoms with van der Waals surface area (Å²) in [7, 11) is 0. The highest BCUT2D eigenvalue weighted by atomic mass is 19.2. The van der Waals surface area contributed by atoms with Crippen LogP contribution in [0.15, 0.2) is 170 Å². The molecule has 3 aliphatic heterocycles. The third kappa shape index (κ3) is 15.2. The van der Waals surface area contributed by atoms with Crippen LogP contribution in [-0.4, -0.2) is 79.3 Å². The molecule has 1 N–H and O–H groups in total. The van der Waals surface area contributed by atoms with Gasteiger partial charge in [-0.15, -0.1) is 0 Å². The SMILES string of the molecule is C=Cc1cccc([C@@H](C2CC2)N2CCc3ccc(Oc4ccc(F)cc4F)cc3C2=O)n1.O=C1c2cc(Oc3ccc(F)cc3F)ccc2CCN1[C@@H](c1cccc(CNC2CC2)n1)C1CC1.O=Cc1cccc([C@@H](C2CC2)N2CCc3ccc(Oc4ccc(F)cc4F)cc3C2=O)n1. The van der Waals surface area contributed by atoms with Crippen LogP contribution in [0.3, 0.4) is 0 Å². The van der Waals surface area contributed by atoms with Crippen molar-refractivity contribution in [3.63, 3.8) is 0 Å². The molecule has 4 aliphatic carbocycles. The molecule has 3 aromatic heterocycles. The molecule has 4 saturated carbocycles. The van der Waals surface area contributed by atoms with Gasteiger partial charge in [-0.2, -0.15) is 0 Å². The quantitative estimate of drug-likeness (QED) is 0.0572. The number of aromatic nitrogens is 3. The molecular formula is C79H69F6N7O7. The number of hydrogen-bond acceptors (Lipinski definition) is 11. The van der Waals surface area contributed by atoms with Crippen molar-refractivity contribution in [2.45, 2.75) is 101 Å². The molecule has 7 aliphatic rings. The van der Waals surface area contributed by atoms with Crippen LogP contribution in [0.5, 0.6) is 34.5 Å². The van der Waals surface area contributed by atoms with Crippen LogP contribution < -0.4 is 19.5 Å². The van der Waals surface area contributed by atoms with Gasteiger partial charge in [-0.25, -0.2) is 31.3 Å². The van der Waals surface area contributed by atoms with Crippen molar-refractivity contribution in [1.29, 1.82) is 0 Å². The van der Waals surface area contributed by atoms with E-state index in [-0.39, 0.29) is 53.1 Å². The molecule has 9 aromatic rings. The lowest BCUT2D eigenvalue weighted by Crippen LogP contribution is -2.41. The zero-order chi connectivity index (χ0) is 68.4. The third-order valence-electron chi connectivity index (χ3n) is 19.0. The Bertz CT molecular complexity index is 4410. The van der Waals surface area contributed by atoms with Crippen LogP contribution in [0, 0.1) is 52.7 Å². The highest BCUT2D eigenvalue weighted by Crippen LogP contribution is 2.49. The highest BCUT2D eigenvalue weighted by Gasteiger charge is 2.44. The van der Waals surface area contributed by atoms with Crippen LogP contribution in [0.2, 0.25) is 0 Å².